The van der Waals surface area contributed by atoms with Gasteiger partial charge < -0.3 is 10.6 Å². The highest BCUT2D eigenvalue weighted by molar-refractivity contribution is 5.80. The number of benzene rings is 4. The summed E-state index contributed by atoms with van der Waals surface area (Å²) in [5.74, 6) is 0. The minimum absolute atomic E-state index is 0.257. The second-order valence-corrected chi connectivity index (χ2v) is 9.16. The van der Waals surface area contributed by atoms with Crippen LogP contribution in [0.15, 0.2) is 121 Å². The number of nitrogens with one attached hydrogen (secondary N) is 4. The van der Waals surface area contributed by atoms with Gasteiger partial charge in [0.05, 0.1) is 22.7 Å². The molecular weight excluding hydrogens is 500 g/mol. The second-order valence-electron chi connectivity index (χ2n) is 9.16. The number of unbranched alkanes of at least 4 members (excludes halogenated alkanes) is 3. The summed E-state index contributed by atoms with van der Waals surface area (Å²) in [6, 6.07) is 38.3. The zero-order chi connectivity index (χ0) is 27.8. The molecule has 0 saturated heterocycles. The topological polar surface area (TPSA) is 88.7 Å². The highest BCUT2D eigenvalue weighted by Crippen LogP contribution is 2.23. The summed E-state index contributed by atoms with van der Waals surface area (Å²) >= 11 is 0. The maximum Gasteiger partial charge on any atom is 0.333 e. The van der Waals surface area contributed by atoms with Crippen molar-refractivity contribution < 1.29 is 9.59 Å². The molecule has 4 rings (SSSR count). The number of carbonyl (C=O) groups is 2. The number of urea groups is 2. The number of para-hydroxylation sites is 4. The molecule has 0 fully saturated rings. The molecule has 0 radical (unpaired) electrons. The average molecular weight is 537 g/mol. The highest BCUT2D eigenvalue weighted by atomic mass is 16.2. The van der Waals surface area contributed by atoms with Crippen molar-refractivity contribution in [1.82, 2.24) is 21.5 Å². The molecule has 0 aliphatic rings. The first-order valence-corrected chi connectivity index (χ1v) is 13.6. The monoisotopic (exact) mass is 536 g/mol. The van der Waals surface area contributed by atoms with Gasteiger partial charge >= 0.3 is 12.1 Å². The minimum Gasteiger partial charge on any atom is -0.337 e. The van der Waals surface area contributed by atoms with E-state index in [-0.39, 0.29) is 12.1 Å². The number of hydrogen-bond donors (Lipinski definition) is 4. The van der Waals surface area contributed by atoms with Gasteiger partial charge in [-0.1, -0.05) is 85.6 Å². The molecule has 0 aliphatic heterocycles. The van der Waals surface area contributed by atoms with Gasteiger partial charge in [-0.05, 0) is 61.4 Å². The second kappa shape index (κ2) is 15.4. The van der Waals surface area contributed by atoms with E-state index in [0.29, 0.717) is 13.1 Å². The Bertz CT molecular complexity index is 1110. The lowest BCUT2D eigenvalue weighted by atomic mass is 10.2. The van der Waals surface area contributed by atoms with Crippen molar-refractivity contribution >= 4 is 34.8 Å². The van der Waals surface area contributed by atoms with Crippen molar-refractivity contribution in [3.05, 3.63) is 121 Å². The van der Waals surface area contributed by atoms with E-state index in [1.807, 2.05) is 121 Å². The van der Waals surface area contributed by atoms with Gasteiger partial charge in [0.2, 0.25) is 0 Å². The van der Waals surface area contributed by atoms with Crippen molar-refractivity contribution in [3.63, 3.8) is 0 Å². The first-order valence-electron chi connectivity index (χ1n) is 13.6. The van der Waals surface area contributed by atoms with E-state index in [2.05, 4.69) is 21.5 Å². The molecule has 8 heteroatoms. The van der Waals surface area contributed by atoms with Crippen molar-refractivity contribution in [1.29, 1.82) is 0 Å². The third-order valence-corrected chi connectivity index (χ3v) is 6.16. The molecule has 4 aromatic rings. The molecule has 4 N–H and O–H groups in total. The van der Waals surface area contributed by atoms with Gasteiger partial charge in [0.1, 0.15) is 0 Å². The number of carbonyl (C=O) groups excluding carboxylic acids is 2. The van der Waals surface area contributed by atoms with Gasteiger partial charge in [0.15, 0.2) is 0 Å². The summed E-state index contributed by atoms with van der Waals surface area (Å²) in [4.78, 5) is 25.2. The van der Waals surface area contributed by atoms with E-state index in [1.54, 1.807) is 10.0 Å². The summed E-state index contributed by atoms with van der Waals surface area (Å²) in [6.07, 6.45) is 3.60. The smallest absolute Gasteiger partial charge is 0.333 e. The Kier molecular flexibility index (Phi) is 10.8. The van der Waals surface area contributed by atoms with Gasteiger partial charge in [0, 0.05) is 13.1 Å². The van der Waals surface area contributed by atoms with Crippen LogP contribution in [0.3, 0.4) is 0 Å². The molecule has 0 spiro atoms. The van der Waals surface area contributed by atoms with Crippen LogP contribution in [0.5, 0.6) is 0 Å². The number of nitrogens with zero attached hydrogens (tertiary/aromatic N) is 2. The zero-order valence-corrected chi connectivity index (χ0v) is 22.5. The van der Waals surface area contributed by atoms with Gasteiger partial charge in [-0.15, -0.1) is 0 Å². The summed E-state index contributed by atoms with van der Waals surface area (Å²) in [5, 5.41) is 9.41. The summed E-state index contributed by atoms with van der Waals surface area (Å²) in [5.41, 5.74) is 9.36. The first kappa shape index (κ1) is 28.0. The van der Waals surface area contributed by atoms with Crippen LogP contribution in [-0.4, -0.2) is 25.2 Å². The lowest BCUT2D eigenvalue weighted by Crippen LogP contribution is -2.45. The Morgan fingerprint density at radius 2 is 0.700 bits per heavy atom. The van der Waals surface area contributed by atoms with Crippen LogP contribution in [-0.2, 0) is 0 Å². The quantitative estimate of drug-likeness (QED) is 0.114. The van der Waals surface area contributed by atoms with Crippen molar-refractivity contribution in [3.8, 4) is 0 Å². The number of amides is 4. The third kappa shape index (κ3) is 8.80. The predicted molar refractivity (Wildman–Crippen MR) is 162 cm³/mol. The minimum atomic E-state index is -0.257. The van der Waals surface area contributed by atoms with Gasteiger partial charge in [-0.25, -0.2) is 20.4 Å². The Labute approximate surface area is 236 Å². The Morgan fingerprint density at radius 3 is 0.975 bits per heavy atom. The molecule has 0 unspecified atom stereocenters. The molecule has 8 nitrogen and oxygen atoms in total. The molecule has 0 bridgehead atoms. The first-order chi connectivity index (χ1) is 19.7. The summed E-state index contributed by atoms with van der Waals surface area (Å²) in [7, 11) is 0. The number of rotatable bonds is 13. The fourth-order valence-corrected chi connectivity index (χ4v) is 4.15. The zero-order valence-electron chi connectivity index (χ0n) is 22.5. The van der Waals surface area contributed by atoms with Crippen LogP contribution in [0.4, 0.5) is 32.3 Å². The van der Waals surface area contributed by atoms with E-state index in [4.69, 9.17) is 0 Å². The Morgan fingerprint density at radius 1 is 0.425 bits per heavy atom. The van der Waals surface area contributed by atoms with Crippen LogP contribution in [0.2, 0.25) is 0 Å². The van der Waals surface area contributed by atoms with Crippen LogP contribution in [0, 0.1) is 0 Å². The van der Waals surface area contributed by atoms with Crippen LogP contribution >= 0.6 is 0 Å². The SMILES string of the molecule is O=C(NCCCCCCNC(=O)NN(c1ccccc1)c1ccccc1)NN(c1ccccc1)c1ccccc1. The molecule has 4 aromatic carbocycles. The van der Waals surface area contributed by atoms with E-state index in [0.717, 1.165) is 48.4 Å². The molecule has 40 heavy (non-hydrogen) atoms. The van der Waals surface area contributed by atoms with Crippen LogP contribution in [0.1, 0.15) is 25.7 Å². The lowest BCUT2D eigenvalue weighted by molar-refractivity contribution is 0.239. The van der Waals surface area contributed by atoms with Crippen molar-refractivity contribution in [2.45, 2.75) is 25.7 Å². The van der Waals surface area contributed by atoms with Crippen molar-refractivity contribution in [2.75, 3.05) is 23.1 Å². The van der Waals surface area contributed by atoms with E-state index in [9.17, 15) is 9.59 Å². The highest BCUT2D eigenvalue weighted by Gasteiger charge is 2.13. The molecular formula is C32H36N6O2. The normalized spacial score (nSPS) is 10.3. The number of hydrazine groups is 2. The Balaban J connectivity index is 1.13. The summed E-state index contributed by atoms with van der Waals surface area (Å²) in [6.45, 7) is 1.14. The molecule has 0 aromatic heterocycles. The van der Waals surface area contributed by atoms with Gasteiger partial charge in [-0.3, -0.25) is 10.0 Å². The fourth-order valence-electron chi connectivity index (χ4n) is 4.15. The standard InChI is InChI=1S/C32H36N6O2/c39-31(35-37(27-17-7-3-8-18-27)28-19-9-4-10-20-28)33-25-15-1-2-16-26-34-32(40)36-38(29-21-11-5-12-22-29)30-23-13-6-14-24-30/h3-14,17-24H,1-2,15-16,25-26H2,(H2,33,35,39)(H2,34,36,40). The van der Waals surface area contributed by atoms with Gasteiger partial charge in [-0.2, -0.15) is 0 Å². The molecule has 4 amide bonds. The van der Waals surface area contributed by atoms with Crippen molar-refractivity contribution in [2.24, 2.45) is 0 Å². The predicted octanol–water partition coefficient (Wildman–Crippen LogP) is 6.65. The molecule has 0 saturated carbocycles. The van der Waals surface area contributed by atoms with Crippen LogP contribution in [0.25, 0.3) is 0 Å². The van der Waals surface area contributed by atoms with Gasteiger partial charge in [0.25, 0.3) is 0 Å². The van der Waals surface area contributed by atoms with Crippen LogP contribution < -0.4 is 31.5 Å². The third-order valence-electron chi connectivity index (χ3n) is 6.16. The van der Waals surface area contributed by atoms with E-state index >= 15 is 0 Å². The lowest BCUT2D eigenvalue weighted by Gasteiger charge is -2.25. The average Bonchev–Trinajstić information content (AvgIpc) is 3.01. The number of hydrogen-bond acceptors (Lipinski definition) is 4. The maximum atomic E-state index is 12.6. The molecule has 0 atom stereocenters. The fraction of sp³-hybridized carbons (Fsp3) is 0.188. The molecule has 0 aliphatic carbocycles. The molecule has 206 valence electrons. The number of anilines is 4. The largest absolute Gasteiger partial charge is 0.337 e. The molecule has 0 heterocycles. The van der Waals surface area contributed by atoms with E-state index < -0.39 is 0 Å². The maximum absolute atomic E-state index is 12.6. The van der Waals surface area contributed by atoms with E-state index in [1.165, 1.54) is 0 Å². The Hall–Kier alpha value is -4.98. The summed E-state index contributed by atoms with van der Waals surface area (Å²) < 4.78 is 0.